The molecule has 0 heterocycles. The fourth-order valence-electron chi connectivity index (χ4n) is 1.81. The zero-order valence-electron chi connectivity index (χ0n) is 11.5. The Hall–Kier alpha value is -1.71. The average Bonchev–Trinajstić information content (AvgIpc) is 2.31. The predicted octanol–water partition coefficient (Wildman–Crippen LogP) is 2.58. The number of ether oxygens (including phenoxy) is 1. The Balaban J connectivity index is 2.88. The molecular formula is C14H22N2O2. The Kier molecular flexibility index (Phi) is 5.01. The molecule has 0 aromatic heterocycles. The second-order valence-corrected chi connectivity index (χ2v) is 4.92. The van der Waals surface area contributed by atoms with E-state index in [4.69, 9.17) is 10.5 Å². The summed E-state index contributed by atoms with van der Waals surface area (Å²) in [6, 6.07) is 5.28. The van der Waals surface area contributed by atoms with E-state index in [9.17, 15) is 4.79 Å². The van der Waals surface area contributed by atoms with Gasteiger partial charge in [-0.3, -0.25) is 0 Å². The molecule has 18 heavy (non-hydrogen) atoms. The maximum atomic E-state index is 11.7. The summed E-state index contributed by atoms with van der Waals surface area (Å²) in [4.78, 5) is 11.7. The van der Waals surface area contributed by atoms with E-state index in [0.29, 0.717) is 11.6 Å². The Morgan fingerprint density at radius 3 is 2.67 bits per heavy atom. The molecule has 1 atom stereocenters. The van der Waals surface area contributed by atoms with Crippen LogP contribution in [-0.2, 0) is 9.53 Å². The van der Waals surface area contributed by atoms with Crippen LogP contribution in [0.2, 0.25) is 0 Å². The van der Waals surface area contributed by atoms with Crippen molar-refractivity contribution in [3.8, 4) is 0 Å². The number of benzene rings is 1. The van der Waals surface area contributed by atoms with Crippen molar-refractivity contribution in [1.29, 1.82) is 0 Å². The molecule has 0 fully saturated rings. The molecule has 1 aromatic carbocycles. The number of aryl methyl sites for hydroxylation is 1. The van der Waals surface area contributed by atoms with E-state index in [-0.39, 0.29) is 12.0 Å². The second kappa shape index (κ2) is 6.28. The second-order valence-electron chi connectivity index (χ2n) is 4.92. The number of nitrogen functional groups attached to an aromatic ring is 1. The molecule has 0 saturated heterocycles. The van der Waals surface area contributed by atoms with Gasteiger partial charge in [0.25, 0.3) is 0 Å². The fraction of sp³-hybridized carbons (Fsp3) is 0.500. The van der Waals surface area contributed by atoms with Gasteiger partial charge in [0.15, 0.2) is 0 Å². The van der Waals surface area contributed by atoms with E-state index < -0.39 is 0 Å². The molecule has 0 aliphatic rings. The molecule has 4 heteroatoms. The van der Waals surface area contributed by atoms with E-state index in [1.165, 1.54) is 7.11 Å². The summed E-state index contributed by atoms with van der Waals surface area (Å²) in [6.45, 7) is 6.12. The van der Waals surface area contributed by atoms with Crippen molar-refractivity contribution in [2.75, 3.05) is 18.2 Å². The van der Waals surface area contributed by atoms with Gasteiger partial charge in [0, 0.05) is 11.4 Å². The molecule has 0 amide bonds. The molecule has 1 rings (SSSR count). The van der Waals surface area contributed by atoms with Gasteiger partial charge in [-0.2, -0.15) is 0 Å². The average molecular weight is 250 g/mol. The molecule has 3 N–H and O–H groups in total. The van der Waals surface area contributed by atoms with Gasteiger partial charge in [-0.25, -0.2) is 4.79 Å². The normalized spacial score (nSPS) is 12.3. The van der Waals surface area contributed by atoms with Crippen molar-refractivity contribution in [2.24, 2.45) is 5.92 Å². The third kappa shape index (κ3) is 3.95. The molecular weight excluding hydrogens is 228 g/mol. The number of anilines is 2. The lowest BCUT2D eigenvalue weighted by atomic mass is 10.0. The van der Waals surface area contributed by atoms with Crippen LogP contribution in [0, 0.1) is 12.8 Å². The molecule has 0 aliphatic carbocycles. The zero-order valence-corrected chi connectivity index (χ0v) is 11.5. The molecule has 0 spiro atoms. The minimum absolute atomic E-state index is 0.245. The highest BCUT2D eigenvalue weighted by atomic mass is 16.5. The molecule has 0 radical (unpaired) electrons. The summed E-state index contributed by atoms with van der Waals surface area (Å²) in [5.41, 5.74) is 8.37. The van der Waals surface area contributed by atoms with Gasteiger partial charge >= 0.3 is 5.97 Å². The number of carbonyl (C=O) groups excluding carboxylic acids is 1. The minimum Gasteiger partial charge on any atom is -0.467 e. The van der Waals surface area contributed by atoms with Crippen LogP contribution in [0.1, 0.15) is 25.8 Å². The van der Waals surface area contributed by atoms with Crippen molar-refractivity contribution < 1.29 is 9.53 Å². The lowest BCUT2D eigenvalue weighted by Crippen LogP contribution is -2.32. The molecule has 100 valence electrons. The molecule has 0 aliphatic heterocycles. The Bertz CT molecular complexity index is 416. The summed E-state index contributed by atoms with van der Waals surface area (Å²) < 4.78 is 4.82. The van der Waals surface area contributed by atoms with Crippen LogP contribution in [-0.4, -0.2) is 19.1 Å². The molecule has 0 bridgehead atoms. The van der Waals surface area contributed by atoms with E-state index in [1.807, 2.05) is 25.1 Å². The van der Waals surface area contributed by atoms with Crippen molar-refractivity contribution in [3.05, 3.63) is 23.8 Å². The van der Waals surface area contributed by atoms with Crippen LogP contribution in [0.25, 0.3) is 0 Å². The summed E-state index contributed by atoms with van der Waals surface area (Å²) >= 11 is 0. The first kappa shape index (κ1) is 14.4. The first-order chi connectivity index (χ1) is 8.43. The van der Waals surface area contributed by atoms with Gasteiger partial charge < -0.3 is 15.8 Å². The maximum Gasteiger partial charge on any atom is 0.328 e. The van der Waals surface area contributed by atoms with Gasteiger partial charge in [0.2, 0.25) is 0 Å². The smallest absolute Gasteiger partial charge is 0.328 e. The van der Waals surface area contributed by atoms with Gasteiger partial charge in [0.05, 0.1) is 7.11 Å². The highest BCUT2D eigenvalue weighted by Gasteiger charge is 2.20. The summed E-state index contributed by atoms with van der Waals surface area (Å²) in [6.07, 6.45) is 0.723. The number of hydrogen-bond acceptors (Lipinski definition) is 4. The Labute approximate surface area is 109 Å². The van der Waals surface area contributed by atoms with Crippen LogP contribution in [0.4, 0.5) is 11.4 Å². The zero-order chi connectivity index (χ0) is 13.7. The lowest BCUT2D eigenvalue weighted by molar-refractivity contribution is -0.141. The van der Waals surface area contributed by atoms with Crippen molar-refractivity contribution in [2.45, 2.75) is 33.2 Å². The predicted molar refractivity (Wildman–Crippen MR) is 74.5 cm³/mol. The standard InChI is InChI=1S/C14H22N2O2/c1-9(2)7-13(14(17)18-4)16-12-8-11(15)6-5-10(12)3/h5-6,8-9,13,16H,7,15H2,1-4H3. The van der Waals surface area contributed by atoms with E-state index in [0.717, 1.165) is 17.7 Å². The quantitative estimate of drug-likeness (QED) is 0.622. The number of hydrogen-bond donors (Lipinski definition) is 2. The number of nitrogens with two attached hydrogens (primary N) is 1. The van der Waals surface area contributed by atoms with E-state index in [1.54, 1.807) is 0 Å². The number of carbonyl (C=O) groups is 1. The lowest BCUT2D eigenvalue weighted by Gasteiger charge is -2.20. The number of nitrogens with one attached hydrogen (secondary N) is 1. The van der Waals surface area contributed by atoms with Crippen LogP contribution in [0.5, 0.6) is 0 Å². The number of methoxy groups -OCH3 is 1. The highest BCUT2D eigenvalue weighted by Crippen LogP contribution is 2.21. The van der Waals surface area contributed by atoms with Crippen LogP contribution in [0.3, 0.4) is 0 Å². The van der Waals surface area contributed by atoms with Crippen molar-refractivity contribution in [3.63, 3.8) is 0 Å². The maximum absolute atomic E-state index is 11.7. The van der Waals surface area contributed by atoms with Gasteiger partial charge in [0.1, 0.15) is 6.04 Å². The van der Waals surface area contributed by atoms with Gasteiger partial charge in [-0.15, -0.1) is 0 Å². The van der Waals surface area contributed by atoms with Crippen molar-refractivity contribution in [1.82, 2.24) is 0 Å². The third-order valence-electron chi connectivity index (χ3n) is 2.78. The van der Waals surface area contributed by atoms with Gasteiger partial charge in [-0.1, -0.05) is 19.9 Å². The minimum atomic E-state index is -0.338. The first-order valence-corrected chi connectivity index (χ1v) is 6.14. The Morgan fingerprint density at radius 1 is 1.44 bits per heavy atom. The van der Waals surface area contributed by atoms with Crippen LogP contribution in [0.15, 0.2) is 18.2 Å². The SMILES string of the molecule is COC(=O)C(CC(C)C)Nc1cc(N)ccc1C. The topological polar surface area (TPSA) is 64.3 Å². The monoisotopic (exact) mass is 250 g/mol. The highest BCUT2D eigenvalue weighted by molar-refractivity contribution is 5.80. The number of esters is 1. The van der Waals surface area contributed by atoms with Crippen LogP contribution >= 0.6 is 0 Å². The summed E-state index contributed by atoms with van der Waals surface area (Å²) in [7, 11) is 1.41. The fourth-order valence-corrected chi connectivity index (χ4v) is 1.81. The largest absolute Gasteiger partial charge is 0.467 e. The first-order valence-electron chi connectivity index (χ1n) is 6.14. The van der Waals surface area contributed by atoms with E-state index >= 15 is 0 Å². The van der Waals surface area contributed by atoms with Gasteiger partial charge in [-0.05, 0) is 37.0 Å². The van der Waals surface area contributed by atoms with E-state index in [2.05, 4.69) is 19.2 Å². The molecule has 0 saturated carbocycles. The molecule has 4 nitrogen and oxygen atoms in total. The molecule has 1 aromatic rings. The summed E-state index contributed by atoms with van der Waals surface area (Å²) in [5.74, 6) is 0.161. The van der Waals surface area contributed by atoms with Crippen molar-refractivity contribution >= 4 is 17.3 Å². The Morgan fingerprint density at radius 2 is 2.11 bits per heavy atom. The van der Waals surface area contributed by atoms with Crippen LogP contribution < -0.4 is 11.1 Å². The number of rotatable bonds is 5. The summed E-state index contributed by atoms with van der Waals surface area (Å²) in [5, 5.41) is 3.22. The molecule has 1 unspecified atom stereocenters. The third-order valence-corrected chi connectivity index (χ3v) is 2.78.